The van der Waals surface area contributed by atoms with Crippen molar-refractivity contribution >= 4 is 5.97 Å². The molecule has 74 valence electrons. The first-order valence-corrected chi connectivity index (χ1v) is 4.55. The zero-order chi connectivity index (χ0) is 9.59. The van der Waals surface area contributed by atoms with Gasteiger partial charge in [0.25, 0.3) is 0 Å². The lowest BCUT2D eigenvalue weighted by atomic mass is 9.94. The maximum absolute atomic E-state index is 13.1. The summed E-state index contributed by atoms with van der Waals surface area (Å²) in [6.07, 6.45) is -2.13. The van der Waals surface area contributed by atoms with Gasteiger partial charge in [-0.2, -0.15) is 0 Å². The average Bonchev–Trinajstić information content (AvgIpc) is 2.53. The number of carbonyl (C=O) groups is 1. The first kappa shape index (κ1) is 8.91. The van der Waals surface area contributed by atoms with E-state index in [4.69, 9.17) is 4.74 Å². The monoisotopic (exact) mass is 190 g/mol. The lowest BCUT2D eigenvalue weighted by molar-refractivity contribution is -0.151. The lowest BCUT2D eigenvalue weighted by Crippen LogP contribution is -2.36. The van der Waals surface area contributed by atoms with Gasteiger partial charge >= 0.3 is 5.97 Å². The molecule has 2 rings (SSSR count). The number of carbonyl (C=O) groups excluding carboxylic acids is 1. The van der Waals surface area contributed by atoms with Crippen molar-refractivity contribution in [3.8, 4) is 0 Å². The standard InChI is InChI=1S/C9H12F2O2/c1-4(12)13-7-3-5-2-6(7)9(11)8(5)10/h5-9H,2-3H2,1H3. The summed E-state index contributed by atoms with van der Waals surface area (Å²) in [6, 6.07) is 0. The summed E-state index contributed by atoms with van der Waals surface area (Å²) in [5, 5.41) is 0. The Bertz CT molecular complexity index is 230. The van der Waals surface area contributed by atoms with E-state index in [2.05, 4.69) is 0 Å². The van der Waals surface area contributed by atoms with Crippen LogP contribution in [0.15, 0.2) is 0 Å². The Kier molecular flexibility index (Phi) is 2.00. The number of alkyl halides is 2. The Labute approximate surface area is 75.3 Å². The molecule has 2 bridgehead atoms. The second-order valence-electron chi connectivity index (χ2n) is 3.93. The number of fused-ring (bicyclic) bond motifs is 2. The number of esters is 1. The van der Waals surface area contributed by atoms with Gasteiger partial charge < -0.3 is 4.74 Å². The first-order chi connectivity index (χ1) is 6.09. The van der Waals surface area contributed by atoms with Gasteiger partial charge in [0, 0.05) is 12.8 Å². The molecular weight excluding hydrogens is 178 g/mol. The fourth-order valence-corrected chi connectivity index (χ4v) is 2.51. The quantitative estimate of drug-likeness (QED) is 0.587. The maximum Gasteiger partial charge on any atom is 0.302 e. The summed E-state index contributed by atoms with van der Waals surface area (Å²) in [4.78, 5) is 10.6. The van der Waals surface area contributed by atoms with Gasteiger partial charge in [-0.05, 0) is 18.8 Å². The Balaban J connectivity index is 2.02. The van der Waals surface area contributed by atoms with Crippen LogP contribution in [0.4, 0.5) is 8.78 Å². The predicted octanol–water partition coefficient (Wildman–Crippen LogP) is 1.63. The maximum atomic E-state index is 13.1. The van der Waals surface area contributed by atoms with Crippen LogP contribution in [0.25, 0.3) is 0 Å². The van der Waals surface area contributed by atoms with Crippen LogP contribution in [-0.2, 0) is 9.53 Å². The molecular formula is C9H12F2O2. The molecule has 0 amide bonds. The third-order valence-electron chi connectivity index (χ3n) is 3.07. The van der Waals surface area contributed by atoms with Gasteiger partial charge in [-0.15, -0.1) is 0 Å². The lowest BCUT2D eigenvalue weighted by Gasteiger charge is -2.26. The number of halogens is 2. The summed E-state index contributed by atoms with van der Waals surface area (Å²) >= 11 is 0. The highest BCUT2D eigenvalue weighted by Gasteiger charge is 2.55. The van der Waals surface area contributed by atoms with Crippen LogP contribution in [0.2, 0.25) is 0 Å². The third kappa shape index (κ3) is 1.32. The molecule has 5 atom stereocenters. The summed E-state index contributed by atoms with van der Waals surface area (Å²) < 4.78 is 31.1. The number of ether oxygens (including phenoxy) is 1. The van der Waals surface area contributed by atoms with Gasteiger partial charge in [0.15, 0.2) is 0 Å². The normalized spacial score (nSPS) is 48.1. The second-order valence-corrected chi connectivity index (χ2v) is 3.93. The highest BCUT2D eigenvalue weighted by Crippen LogP contribution is 2.49. The van der Waals surface area contributed by atoms with E-state index in [9.17, 15) is 13.6 Å². The fourth-order valence-electron chi connectivity index (χ4n) is 2.51. The molecule has 2 saturated carbocycles. The SMILES string of the molecule is CC(=O)OC1CC2CC1C(F)C2F. The van der Waals surface area contributed by atoms with Gasteiger partial charge in [-0.3, -0.25) is 4.79 Å². The van der Waals surface area contributed by atoms with E-state index >= 15 is 0 Å². The zero-order valence-corrected chi connectivity index (χ0v) is 7.37. The highest BCUT2D eigenvalue weighted by atomic mass is 19.2. The molecule has 2 fully saturated rings. The van der Waals surface area contributed by atoms with E-state index in [0.29, 0.717) is 12.8 Å². The van der Waals surface area contributed by atoms with Crippen LogP contribution in [-0.4, -0.2) is 24.4 Å². The molecule has 0 aromatic carbocycles. The van der Waals surface area contributed by atoms with Crippen molar-refractivity contribution in [2.45, 2.75) is 38.2 Å². The molecule has 13 heavy (non-hydrogen) atoms. The molecule has 2 aliphatic carbocycles. The van der Waals surface area contributed by atoms with Crippen molar-refractivity contribution < 1.29 is 18.3 Å². The van der Waals surface area contributed by atoms with E-state index in [1.54, 1.807) is 0 Å². The molecule has 0 radical (unpaired) electrons. The van der Waals surface area contributed by atoms with Gasteiger partial charge in [0.05, 0.1) is 0 Å². The molecule has 0 spiro atoms. The zero-order valence-electron chi connectivity index (χ0n) is 7.37. The smallest absolute Gasteiger partial charge is 0.302 e. The number of hydrogen-bond donors (Lipinski definition) is 0. The van der Waals surface area contributed by atoms with E-state index in [1.807, 2.05) is 0 Å². The molecule has 5 unspecified atom stereocenters. The van der Waals surface area contributed by atoms with E-state index in [1.165, 1.54) is 6.92 Å². The summed E-state index contributed by atoms with van der Waals surface area (Å²) in [6.45, 7) is 1.30. The fraction of sp³-hybridized carbons (Fsp3) is 0.889. The Morgan fingerprint density at radius 2 is 2.00 bits per heavy atom. The van der Waals surface area contributed by atoms with Gasteiger partial charge in [-0.25, -0.2) is 8.78 Å². The van der Waals surface area contributed by atoms with Crippen LogP contribution >= 0.6 is 0 Å². The molecule has 0 N–H and O–H groups in total. The second kappa shape index (κ2) is 2.93. The summed E-state index contributed by atoms with van der Waals surface area (Å²) in [5.41, 5.74) is 0. The minimum absolute atomic E-state index is 0.232. The van der Waals surface area contributed by atoms with Gasteiger partial charge in [0.1, 0.15) is 18.4 Å². The minimum Gasteiger partial charge on any atom is -0.462 e. The Hall–Kier alpha value is -0.670. The molecule has 4 heteroatoms. The molecule has 0 saturated heterocycles. The van der Waals surface area contributed by atoms with Gasteiger partial charge in [-0.1, -0.05) is 0 Å². The minimum atomic E-state index is -1.43. The Morgan fingerprint density at radius 1 is 1.31 bits per heavy atom. The van der Waals surface area contributed by atoms with Crippen molar-refractivity contribution in [1.82, 2.24) is 0 Å². The van der Waals surface area contributed by atoms with E-state index in [-0.39, 0.29) is 12.0 Å². The molecule has 0 heterocycles. The van der Waals surface area contributed by atoms with Crippen molar-refractivity contribution in [2.24, 2.45) is 11.8 Å². The molecule has 2 aliphatic rings. The van der Waals surface area contributed by atoms with Crippen molar-refractivity contribution in [1.29, 1.82) is 0 Å². The van der Waals surface area contributed by atoms with Crippen LogP contribution in [0, 0.1) is 11.8 Å². The summed E-state index contributed by atoms with van der Waals surface area (Å²) in [7, 11) is 0. The number of rotatable bonds is 1. The van der Waals surface area contributed by atoms with E-state index in [0.717, 1.165) is 0 Å². The molecule has 0 aromatic heterocycles. The molecule has 0 aromatic rings. The first-order valence-electron chi connectivity index (χ1n) is 4.55. The number of hydrogen-bond acceptors (Lipinski definition) is 2. The van der Waals surface area contributed by atoms with Crippen LogP contribution in [0.3, 0.4) is 0 Å². The van der Waals surface area contributed by atoms with Crippen molar-refractivity contribution in [3.05, 3.63) is 0 Å². The van der Waals surface area contributed by atoms with Gasteiger partial charge in [0.2, 0.25) is 0 Å². The highest BCUT2D eigenvalue weighted by molar-refractivity contribution is 5.66. The average molecular weight is 190 g/mol. The van der Waals surface area contributed by atoms with Crippen molar-refractivity contribution in [2.75, 3.05) is 0 Å². The summed E-state index contributed by atoms with van der Waals surface area (Å²) in [5.74, 6) is -1.03. The van der Waals surface area contributed by atoms with E-state index < -0.39 is 24.2 Å². The van der Waals surface area contributed by atoms with Crippen LogP contribution in [0.1, 0.15) is 19.8 Å². The molecule has 2 nitrogen and oxygen atoms in total. The topological polar surface area (TPSA) is 26.3 Å². The van der Waals surface area contributed by atoms with Crippen LogP contribution in [0.5, 0.6) is 0 Å². The largest absolute Gasteiger partial charge is 0.462 e. The van der Waals surface area contributed by atoms with Crippen molar-refractivity contribution in [3.63, 3.8) is 0 Å². The predicted molar refractivity (Wildman–Crippen MR) is 41.6 cm³/mol. The third-order valence-corrected chi connectivity index (χ3v) is 3.07. The molecule has 0 aliphatic heterocycles. The Morgan fingerprint density at radius 3 is 2.46 bits per heavy atom. The van der Waals surface area contributed by atoms with Crippen LogP contribution < -0.4 is 0 Å².